The highest BCUT2D eigenvalue weighted by atomic mass is 16.5. The van der Waals surface area contributed by atoms with Crippen molar-refractivity contribution in [2.45, 2.75) is 19.0 Å². The Bertz CT molecular complexity index is 511. The third kappa shape index (κ3) is 3.93. The zero-order chi connectivity index (χ0) is 14.2. The van der Waals surface area contributed by atoms with Crippen LogP contribution in [0.3, 0.4) is 0 Å². The van der Waals surface area contributed by atoms with Gasteiger partial charge in [-0.25, -0.2) is 9.78 Å². The third-order valence-corrected chi connectivity index (χ3v) is 3.07. The number of carbonyl (C=O) groups excluding carboxylic acids is 1. The van der Waals surface area contributed by atoms with Gasteiger partial charge in [-0.1, -0.05) is 30.3 Å². The second-order valence-corrected chi connectivity index (χ2v) is 4.48. The number of nitrogens with zero attached hydrogens (tertiary/aromatic N) is 2. The summed E-state index contributed by atoms with van der Waals surface area (Å²) in [5.74, 6) is -0.265. The Balaban J connectivity index is 1.87. The minimum atomic E-state index is -0.413. The van der Waals surface area contributed by atoms with Crippen LogP contribution in [-0.4, -0.2) is 29.2 Å². The van der Waals surface area contributed by atoms with Gasteiger partial charge in [0.15, 0.2) is 0 Å². The minimum Gasteiger partial charge on any atom is -0.468 e. The quantitative estimate of drug-likeness (QED) is 0.617. The van der Waals surface area contributed by atoms with Crippen molar-refractivity contribution in [3.8, 4) is 0 Å². The van der Waals surface area contributed by atoms with Crippen LogP contribution in [-0.2, 0) is 16.1 Å². The van der Waals surface area contributed by atoms with Gasteiger partial charge in [-0.3, -0.25) is 0 Å². The fourth-order valence-corrected chi connectivity index (χ4v) is 2.03. The van der Waals surface area contributed by atoms with E-state index in [1.54, 1.807) is 12.5 Å². The monoisotopic (exact) mass is 273 g/mol. The van der Waals surface area contributed by atoms with E-state index in [1.165, 1.54) is 7.11 Å². The van der Waals surface area contributed by atoms with Gasteiger partial charge in [0.25, 0.3) is 0 Å². The van der Waals surface area contributed by atoms with Crippen molar-refractivity contribution in [2.75, 3.05) is 13.7 Å². The maximum Gasteiger partial charge on any atom is 0.327 e. The summed E-state index contributed by atoms with van der Waals surface area (Å²) in [6.07, 6.45) is 6.38. The number of aromatic nitrogens is 2. The molecule has 1 aromatic heterocycles. The molecule has 5 nitrogen and oxygen atoms in total. The maximum atomic E-state index is 11.8. The van der Waals surface area contributed by atoms with Gasteiger partial charge in [-0.2, -0.15) is 0 Å². The Morgan fingerprint density at radius 3 is 2.85 bits per heavy atom. The topological polar surface area (TPSA) is 56.1 Å². The molecule has 0 saturated heterocycles. The first-order valence-corrected chi connectivity index (χ1v) is 6.63. The number of aryl methyl sites for hydroxylation is 1. The van der Waals surface area contributed by atoms with E-state index in [1.807, 2.05) is 41.1 Å². The van der Waals surface area contributed by atoms with Crippen LogP contribution < -0.4 is 5.32 Å². The highest BCUT2D eigenvalue weighted by molar-refractivity contribution is 5.77. The summed E-state index contributed by atoms with van der Waals surface area (Å²) in [5, 5.41) is 3.24. The molecule has 0 radical (unpaired) electrons. The number of carbonyl (C=O) groups is 1. The molecule has 0 aliphatic carbocycles. The molecular formula is C15H19N3O2. The largest absolute Gasteiger partial charge is 0.468 e. The molecule has 106 valence electrons. The number of esters is 1. The van der Waals surface area contributed by atoms with E-state index in [-0.39, 0.29) is 5.97 Å². The van der Waals surface area contributed by atoms with Crippen LogP contribution in [0, 0.1) is 0 Å². The van der Waals surface area contributed by atoms with Gasteiger partial charge < -0.3 is 14.6 Å². The van der Waals surface area contributed by atoms with Crippen molar-refractivity contribution < 1.29 is 9.53 Å². The van der Waals surface area contributed by atoms with E-state index in [0.717, 1.165) is 25.1 Å². The normalized spacial score (nSPS) is 12.1. The van der Waals surface area contributed by atoms with Crippen molar-refractivity contribution in [1.82, 2.24) is 14.9 Å². The molecule has 0 bridgehead atoms. The van der Waals surface area contributed by atoms with Gasteiger partial charge >= 0.3 is 5.97 Å². The molecule has 2 aromatic rings. The van der Waals surface area contributed by atoms with Gasteiger partial charge in [0.2, 0.25) is 0 Å². The molecule has 1 atom stereocenters. The van der Waals surface area contributed by atoms with Crippen LogP contribution in [0.5, 0.6) is 0 Å². The number of imidazole rings is 1. The SMILES string of the molecule is COC(=O)C(NCCCn1ccnc1)c1ccccc1. The molecular weight excluding hydrogens is 254 g/mol. The first-order valence-electron chi connectivity index (χ1n) is 6.63. The lowest BCUT2D eigenvalue weighted by atomic mass is 10.1. The molecule has 1 N–H and O–H groups in total. The molecule has 1 unspecified atom stereocenters. The number of rotatable bonds is 7. The van der Waals surface area contributed by atoms with Gasteiger partial charge in [-0.05, 0) is 18.5 Å². The van der Waals surface area contributed by atoms with Crippen LogP contribution in [0.15, 0.2) is 49.1 Å². The van der Waals surface area contributed by atoms with Crippen molar-refractivity contribution in [3.05, 3.63) is 54.6 Å². The highest BCUT2D eigenvalue weighted by Gasteiger charge is 2.19. The number of methoxy groups -OCH3 is 1. The van der Waals surface area contributed by atoms with Crippen LogP contribution in [0.1, 0.15) is 18.0 Å². The zero-order valence-corrected chi connectivity index (χ0v) is 11.5. The Labute approximate surface area is 118 Å². The van der Waals surface area contributed by atoms with E-state index in [0.29, 0.717) is 0 Å². The Hall–Kier alpha value is -2.14. The molecule has 2 rings (SSSR count). The smallest absolute Gasteiger partial charge is 0.327 e. The molecule has 0 spiro atoms. The lowest BCUT2D eigenvalue weighted by Gasteiger charge is -2.16. The number of nitrogens with one attached hydrogen (secondary N) is 1. The van der Waals surface area contributed by atoms with Gasteiger partial charge in [0.1, 0.15) is 6.04 Å². The van der Waals surface area contributed by atoms with Gasteiger partial charge in [0, 0.05) is 18.9 Å². The summed E-state index contributed by atoms with van der Waals surface area (Å²) >= 11 is 0. The van der Waals surface area contributed by atoms with Gasteiger partial charge in [-0.15, -0.1) is 0 Å². The molecule has 20 heavy (non-hydrogen) atoms. The molecule has 0 aliphatic heterocycles. The summed E-state index contributed by atoms with van der Waals surface area (Å²) in [5.41, 5.74) is 0.919. The second-order valence-electron chi connectivity index (χ2n) is 4.48. The number of hydrogen-bond donors (Lipinski definition) is 1. The third-order valence-electron chi connectivity index (χ3n) is 3.07. The average molecular weight is 273 g/mol. The van der Waals surface area contributed by atoms with Gasteiger partial charge in [0.05, 0.1) is 13.4 Å². The van der Waals surface area contributed by atoms with Crippen molar-refractivity contribution in [2.24, 2.45) is 0 Å². The molecule has 5 heteroatoms. The van der Waals surface area contributed by atoms with Crippen molar-refractivity contribution in [3.63, 3.8) is 0 Å². The van der Waals surface area contributed by atoms with Crippen molar-refractivity contribution >= 4 is 5.97 Å². The van der Waals surface area contributed by atoms with Crippen LogP contribution >= 0.6 is 0 Å². The summed E-state index contributed by atoms with van der Waals surface area (Å²) < 4.78 is 6.86. The zero-order valence-electron chi connectivity index (χ0n) is 11.5. The standard InChI is InChI=1S/C15H19N3O2/c1-20-15(19)14(13-6-3-2-4-7-13)17-8-5-10-18-11-9-16-12-18/h2-4,6-7,9,11-12,14,17H,5,8,10H2,1H3. The number of ether oxygens (including phenoxy) is 1. The van der Waals surface area contributed by atoms with E-state index in [9.17, 15) is 4.79 Å². The highest BCUT2D eigenvalue weighted by Crippen LogP contribution is 2.13. The fraction of sp³-hybridized carbons (Fsp3) is 0.333. The molecule has 1 heterocycles. The molecule has 0 amide bonds. The average Bonchev–Trinajstić information content (AvgIpc) is 3.01. The first-order chi connectivity index (χ1) is 9.81. The van der Waals surface area contributed by atoms with Crippen LogP contribution in [0.2, 0.25) is 0 Å². The summed E-state index contributed by atoms with van der Waals surface area (Å²) in [6, 6.07) is 9.19. The Kier molecular flexibility index (Phi) is 5.32. The van der Waals surface area contributed by atoms with E-state index < -0.39 is 6.04 Å². The fourth-order valence-electron chi connectivity index (χ4n) is 2.03. The predicted octanol–water partition coefficient (Wildman–Crippen LogP) is 1.78. The van der Waals surface area contributed by atoms with Crippen LogP contribution in [0.25, 0.3) is 0 Å². The number of benzene rings is 1. The summed E-state index contributed by atoms with van der Waals surface area (Å²) in [7, 11) is 1.41. The predicted molar refractivity (Wildman–Crippen MR) is 76.0 cm³/mol. The molecule has 1 aromatic carbocycles. The number of hydrogen-bond acceptors (Lipinski definition) is 4. The van der Waals surface area contributed by atoms with Crippen LogP contribution in [0.4, 0.5) is 0 Å². The lowest BCUT2D eigenvalue weighted by molar-refractivity contribution is -0.143. The second kappa shape index (κ2) is 7.45. The van der Waals surface area contributed by atoms with E-state index in [2.05, 4.69) is 10.3 Å². The van der Waals surface area contributed by atoms with E-state index in [4.69, 9.17) is 4.74 Å². The molecule has 0 saturated carbocycles. The Morgan fingerprint density at radius 1 is 1.40 bits per heavy atom. The Morgan fingerprint density at radius 2 is 2.20 bits per heavy atom. The first kappa shape index (κ1) is 14.3. The maximum absolute atomic E-state index is 11.8. The summed E-state index contributed by atoms with van der Waals surface area (Å²) in [6.45, 7) is 1.60. The molecule has 0 fully saturated rings. The minimum absolute atomic E-state index is 0.265. The summed E-state index contributed by atoms with van der Waals surface area (Å²) in [4.78, 5) is 15.8. The van der Waals surface area contributed by atoms with E-state index >= 15 is 0 Å². The van der Waals surface area contributed by atoms with Crippen molar-refractivity contribution in [1.29, 1.82) is 0 Å². The lowest BCUT2D eigenvalue weighted by Crippen LogP contribution is -2.30. The molecule has 0 aliphatic rings.